The number of rotatable bonds is 40. The Balaban J connectivity index is 2.56. The number of phosphoric acid groups is 2. The molecule has 0 spiro atoms. The van der Waals surface area contributed by atoms with Crippen molar-refractivity contribution in [2.24, 2.45) is 5.73 Å². The summed E-state index contributed by atoms with van der Waals surface area (Å²) in [6, 6.07) is 0. The van der Waals surface area contributed by atoms with E-state index in [1.54, 1.807) is 0 Å². The first-order valence-corrected chi connectivity index (χ1v) is 26.3. The highest BCUT2D eigenvalue weighted by molar-refractivity contribution is 7.47. The fourth-order valence-corrected chi connectivity index (χ4v) is 8.93. The Bertz CT molecular complexity index is 1200. The van der Waals surface area contributed by atoms with Crippen molar-refractivity contribution in [1.82, 2.24) is 0 Å². The van der Waals surface area contributed by atoms with Crippen LogP contribution in [-0.2, 0) is 41.8 Å². The lowest BCUT2D eigenvalue weighted by molar-refractivity contribution is -0.216. The van der Waals surface area contributed by atoms with E-state index in [0.29, 0.717) is 12.8 Å². The molecular weight excluding hydrogens is 836 g/mol. The molecule has 1 saturated carbocycles. The van der Waals surface area contributed by atoms with Gasteiger partial charge in [-0.1, -0.05) is 161 Å². The van der Waals surface area contributed by atoms with E-state index >= 15 is 0 Å². The minimum Gasteiger partial charge on any atom is -0.462 e. The predicted octanol–water partition coefficient (Wildman–Crippen LogP) is 7.17. The molecule has 1 fully saturated rings. The van der Waals surface area contributed by atoms with Crippen LogP contribution in [0.25, 0.3) is 0 Å². The molecule has 0 aromatic carbocycles. The predicted molar refractivity (Wildman–Crippen MR) is 231 cm³/mol. The molecule has 17 nitrogen and oxygen atoms in total. The van der Waals surface area contributed by atoms with Crippen molar-refractivity contribution in [3.8, 4) is 0 Å². The average Bonchev–Trinajstić information content (AvgIpc) is 3.21. The van der Waals surface area contributed by atoms with Crippen molar-refractivity contribution in [2.75, 3.05) is 19.8 Å². The summed E-state index contributed by atoms with van der Waals surface area (Å²) in [7, 11) is -10.6. The molecule has 0 radical (unpaired) electrons. The van der Waals surface area contributed by atoms with Gasteiger partial charge in [0.25, 0.3) is 0 Å². The van der Waals surface area contributed by atoms with Crippen LogP contribution in [0.15, 0.2) is 0 Å². The third-order valence-electron chi connectivity index (χ3n) is 11.0. The number of aliphatic hydroxyl groups is 4. The van der Waals surface area contributed by atoms with Gasteiger partial charge in [0, 0.05) is 12.8 Å². The summed E-state index contributed by atoms with van der Waals surface area (Å²) < 4.78 is 49.1. The Kier molecular flexibility index (Phi) is 33.5. The smallest absolute Gasteiger partial charge is 0.462 e. The van der Waals surface area contributed by atoms with Gasteiger partial charge in [-0.2, -0.15) is 0 Å². The van der Waals surface area contributed by atoms with E-state index in [1.165, 1.54) is 103 Å². The molecule has 0 aromatic rings. The number of ether oxygens (including phenoxy) is 2. The van der Waals surface area contributed by atoms with Crippen LogP contribution in [0.3, 0.4) is 0 Å². The zero-order valence-electron chi connectivity index (χ0n) is 36.9. The molecule has 1 rings (SSSR count). The first kappa shape index (κ1) is 58.0. The van der Waals surface area contributed by atoms with Crippen LogP contribution in [0.1, 0.15) is 193 Å². The maximum absolute atomic E-state index is 12.9. The van der Waals surface area contributed by atoms with Crippen molar-refractivity contribution in [2.45, 2.75) is 236 Å². The highest BCUT2D eigenvalue weighted by atomic mass is 31.2. The Labute approximate surface area is 365 Å². The molecule has 1 aliphatic rings. The maximum atomic E-state index is 12.9. The number of unbranched alkanes of at least 4 members (excludes halogenated alkanes) is 25. The Morgan fingerprint density at radius 1 is 0.508 bits per heavy atom. The van der Waals surface area contributed by atoms with Gasteiger partial charge in [0.15, 0.2) is 6.10 Å². The molecular formula is C42H83NO16P2. The van der Waals surface area contributed by atoms with Crippen LogP contribution in [0.4, 0.5) is 0 Å². The largest absolute Gasteiger partial charge is 0.472 e. The van der Waals surface area contributed by atoms with Crippen molar-refractivity contribution in [1.29, 1.82) is 0 Å². The number of carbonyl (C=O) groups is 2. The number of carbonyl (C=O) groups excluding carboxylic acids is 2. The first-order valence-electron chi connectivity index (χ1n) is 23.3. The molecule has 19 heteroatoms. The lowest BCUT2D eigenvalue weighted by atomic mass is 9.85. The molecule has 61 heavy (non-hydrogen) atoms. The van der Waals surface area contributed by atoms with E-state index in [4.69, 9.17) is 34.0 Å². The summed E-state index contributed by atoms with van der Waals surface area (Å²) >= 11 is 0. The number of nitrogens with two attached hydrogens (primary N) is 1. The quantitative estimate of drug-likeness (QED) is 0.0172. The molecule has 0 amide bonds. The van der Waals surface area contributed by atoms with Crippen molar-refractivity contribution in [3.05, 3.63) is 0 Å². The van der Waals surface area contributed by atoms with Gasteiger partial charge in [0.1, 0.15) is 43.2 Å². The SMILES string of the molecule is CCCCCCCCCCCCCCCC(=O)O[C@H](COC(=O)CCCCCCCCCCCCCCCCN)COP(=O)(O)OC1C(O)[C@@H](O)C(OP(=O)(O)O)[C@@H](O)[C@H]1O. The van der Waals surface area contributed by atoms with E-state index in [-0.39, 0.29) is 12.8 Å². The Hall–Kier alpha value is -1.04. The molecule has 0 saturated heterocycles. The fraction of sp³-hybridized carbons (Fsp3) is 0.952. The molecule has 1 aliphatic carbocycles. The van der Waals surface area contributed by atoms with Crippen LogP contribution >= 0.6 is 15.6 Å². The zero-order valence-corrected chi connectivity index (χ0v) is 38.7. The Morgan fingerprint density at radius 3 is 1.23 bits per heavy atom. The van der Waals surface area contributed by atoms with Crippen LogP contribution in [-0.4, -0.2) is 110 Å². The summed E-state index contributed by atoms with van der Waals surface area (Å²) in [5.41, 5.74) is 5.54. The van der Waals surface area contributed by atoms with E-state index in [2.05, 4.69) is 11.4 Å². The minimum absolute atomic E-state index is 0.0548. The van der Waals surface area contributed by atoms with Gasteiger partial charge in [-0.05, 0) is 25.8 Å². The lowest BCUT2D eigenvalue weighted by Crippen LogP contribution is -2.64. The molecule has 0 heterocycles. The zero-order chi connectivity index (χ0) is 45.4. The van der Waals surface area contributed by atoms with Crippen molar-refractivity contribution in [3.63, 3.8) is 0 Å². The number of aliphatic hydroxyl groups excluding tert-OH is 4. The summed E-state index contributed by atoms with van der Waals surface area (Å²) in [6.07, 6.45) is 15.9. The maximum Gasteiger partial charge on any atom is 0.472 e. The number of esters is 2. The summed E-state index contributed by atoms with van der Waals surface area (Å²) in [5.74, 6) is -1.19. The highest BCUT2D eigenvalue weighted by Gasteiger charge is 2.54. The molecule has 4 unspecified atom stereocenters. The van der Waals surface area contributed by atoms with E-state index in [1.807, 2.05) is 0 Å². The lowest BCUT2D eigenvalue weighted by Gasteiger charge is -2.43. The van der Waals surface area contributed by atoms with Gasteiger partial charge in [-0.15, -0.1) is 0 Å². The molecule has 9 N–H and O–H groups in total. The standard InChI is InChI=1S/C42H83NO16P2/c1-2-3-4-5-6-7-8-11-15-18-21-24-27-30-36(45)57-34(32-55-35(44)29-26-23-20-17-14-12-9-10-13-16-19-22-25-28-31-43)33-56-61(53,54)59-42-39(48)37(46)41(38(47)40(42)49)58-60(50,51)52/h34,37-42,46-49H,2-33,43H2,1H3,(H,53,54)(H2,50,51,52)/t34-,37-,38+,39?,40-,41?,42?/m1/s1. The second-order valence-corrected chi connectivity index (χ2v) is 19.2. The van der Waals surface area contributed by atoms with Crippen molar-refractivity contribution >= 4 is 27.6 Å². The number of hydrogen-bond acceptors (Lipinski definition) is 14. The molecule has 0 aromatic heterocycles. The number of hydrogen-bond donors (Lipinski definition) is 8. The molecule has 0 bridgehead atoms. The minimum atomic E-state index is -5.30. The first-order chi connectivity index (χ1) is 29.1. The molecule has 8 atom stereocenters. The molecule has 0 aliphatic heterocycles. The van der Waals surface area contributed by atoms with Gasteiger partial charge in [-0.25, -0.2) is 9.13 Å². The van der Waals surface area contributed by atoms with Crippen molar-refractivity contribution < 1.29 is 76.9 Å². The number of phosphoric ester groups is 2. The van der Waals surface area contributed by atoms with Gasteiger partial charge < -0.3 is 50.3 Å². The summed E-state index contributed by atoms with van der Waals surface area (Å²) in [6.45, 7) is 1.68. The van der Waals surface area contributed by atoms with Crippen LogP contribution in [0.2, 0.25) is 0 Å². The second kappa shape index (κ2) is 35.2. The molecule has 362 valence electrons. The van der Waals surface area contributed by atoms with Gasteiger partial charge in [-0.3, -0.25) is 23.2 Å². The monoisotopic (exact) mass is 920 g/mol. The highest BCUT2D eigenvalue weighted by Crippen LogP contribution is 2.48. The van der Waals surface area contributed by atoms with Crippen LogP contribution < -0.4 is 5.73 Å². The summed E-state index contributed by atoms with van der Waals surface area (Å²) in [5, 5.41) is 41.4. The fourth-order valence-electron chi connectivity index (χ4n) is 7.39. The normalized spacial score (nSPS) is 22.2. The third kappa shape index (κ3) is 29.9. The third-order valence-corrected chi connectivity index (χ3v) is 12.5. The van der Waals surface area contributed by atoms with Gasteiger partial charge in [0.2, 0.25) is 0 Å². The van der Waals surface area contributed by atoms with Crippen LogP contribution in [0.5, 0.6) is 0 Å². The van der Waals surface area contributed by atoms with E-state index < -0.39 is 83.5 Å². The topological polar surface area (TPSA) is 282 Å². The van der Waals surface area contributed by atoms with Gasteiger partial charge in [0.05, 0.1) is 6.61 Å². The van der Waals surface area contributed by atoms with E-state index in [9.17, 15) is 44.0 Å². The van der Waals surface area contributed by atoms with E-state index in [0.717, 1.165) is 64.3 Å². The Morgan fingerprint density at radius 2 is 0.852 bits per heavy atom. The van der Waals surface area contributed by atoms with Gasteiger partial charge >= 0.3 is 27.6 Å². The average molecular weight is 920 g/mol. The summed E-state index contributed by atoms with van der Waals surface area (Å²) in [4.78, 5) is 53.9. The second-order valence-electron chi connectivity index (χ2n) is 16.6. The van der Waals surface area contributed by atoms with Crippen LogP contribution in [0, 0.1) is 0 Å².